The largest absolute Gasteiger partial charge is 0.481 e. The molecule has 1 fully saturated rings. The molecule has 8 nitrogen and oxygen atoms in total. The number of carbonyl (C=O) groups is 3. The van der Waals surface area contributed by atoms with Crippen molar-refractivity contribution in [3.05, 3.63) is 107 Å². The standard InChI is InChI=1S/C35H33F3N4O4S.C2H6/c36-35(37,38)26-9-5-8-25(19-26)33(45)40-27-12-14-39-31(20-27)29-21-28(42-15-2-1-3-16-42)10-11-30(29)41-34(46)24-7-4-6-23(18-24)22-47-17-13-32(43)44;1-2/h4-12,14,18-21H,1-3,13,15-17,22H2,(H,41,46)(H,43,44)(H,39,40,45);1-2H3. The first-order chi connectivity index (χ1) is 23.6. The lowest BCUT2D eigenvalue weighted by atomic mass is 10.0. The second-order valence-corrected chi connectivity index (χ2v) is 12.2. The van der Waals surface area contributed by atoms with E-state index in [-0.39, 0.29) is 17.9 Å². The molecular weight excluding hydrogens is 653 g/mol. The van der Waals surface area contributed by atoms with Crippen LogP contribution in [0.2, 0.25) is 0 Å². The van der Waals surface area contributed by atoms with Crippen LogP contribution in [0.3, 0.4) is 0 Å². The van der Waals surface area contributed by atoms with Gasteiger partial charge in [-0.15, -0.1) is 0 Å². The highest BCUT2D eigenvalue weighted by molar-refractivity contribution is 7.98. The lowest BCUT2D eigenvalue weighted by molar-refractivity contribution is -0.138. The van der Waals surface area contributed by atoms with Crippen LogP contribution in [0.15, 0.2) is 85.1 Å². The second kappa shape index (κ2) is 17.5. The van der Waals surface area contributed by atoms with Gasteiger partial charge in [0.05, 0.1) is 23.4 Å². The number of benzene rings is 3. The number of piperidine rings is 1. The summed E-state index contributed by atoms with van der Waals surface area (Å²) in [5, 5.41) is 14.5. The molecule has 2 amide bonds. The van der Waals surface area contributed by atoms with Gasteiger partial charge in [-0.1, -0.05) is 32.0 Å². The van der Waals surface area contributed by atoms with E-state index in [0.29, 0.717) is 39.7 Å². The number of carbonyl (C=O) groups excluding carboxylic acids is 2. The molecule has 1 aromatic heterocycles. The van der Waals surface area contributed by atoms with Crippen molar-refractivity contribution >= 4 is 46.6 Å². The van der Waals surface area contributed by atoms with Crippen LogP contribution in [-0.4, -0.2) is 46.7 Å². The number of amides is 2. The molecule has 3 aromatic carbocycles. The Morgan fingerprint density at radius 3 is 2.27 bits per heavy atom. The number of aliphatic carboxylic acids is 1. The Hall–Kier alpha value is -4.84. The van der Waals surface area contributed by atoms with Gasteiger partial charge in [0.1, 0.15) is 0 Å². The molecule has 0 bridgehead atoms. The summed E-state index contributed by atoms with van der Waals surface area (Å²) in [6.45, 7) is 5.78. The third-order valence-corrected chi connectivity index (χ3v) is 8.67. The molecule has 49 heavy (non-hydrogen) atoms. The zero-order valence-corrected chi connectivity index (χ0v) is 28.2. The Labute approximate surface area is 288 Å². The van der Waals surface area contributed by atoms with Gasteiger partial charge in [0.25, 0.3) is 11.8 Å². The quantitative estimate of drug-likeness (QED) is 0.135. The second-order valence-electron chi connectivity index (χ2n) is 11.1. The molecule has 1 aliphatic heterocycles. The summed E-state index contributed by atoms with van der Waals surface area (Å²) >= 11 is 1.47. The third-order valence-electron chi connectivity index (χ3n) is 7.64. The molecule has 0 radical (unpaired) electrons. The number of hydrogen-bond donors (Lipinski definition) is 3. The van der Waals surface area contributed by atoms with E-state index in [2.05, 4.69) is 20.5 Å². The molecule has 258 valence electrons. The number of alkyl halides is 3. The molecular formula is C37H39F3N4O4S. The Kier molecular flexibility index (Phi) is 13.2. The zero-order chi connectivity index (χ0) is 35.4. The molecule has 0 atom stereocenters. The Balaban J connectivity index is 0.00000265. The van der Waals surface area contributed by atoms with Gasteiger partial charge in [0.2, 0.25) is 0 Å². The van der Waals surface area contributed by atoms with Crippen LogP contribution >= 0.6 is 11.8 Å². The summed E-state index contributed by atoms with van der Waals surface area (Å²) in [5.74, 6) is -0.878. The van der Waals surface area contributed by atoms with Crippen LogP contribution in [0, 0.1) is 0 Å². The molecule has 2 heterocycles. The molecule has 12 heteroatoms. The van der Waals surface area contributed by atoms with Crippen molar-refractivity contribution in [2.45, 2.75) is 51.5 Å². The Morgan fingerprint density at radius 1 is 0.857 bits per heavy atom. The van der Waals surface area contributed by atoms with Crippen molar-refractivity contribution in [2.24, 2.45) is 0 Å². The van der Waals surface area contributed by atoms with Gasteiger partial charge in [-0.05, 0) is 85.5 Å². The van der Waals surface area contributed by atoms with Crippen LogP contribution in [0.4, 0.5) is 30.2 Å². The van der Waals surface area contributed by atoms with Crippen molar-refractivity contribution in [3.8, 4) is 11.3 Å². The number of nitrogens with zero attached hydrogens (tertiary/aromatic N) is 2. The van der Waals surface area contributed by atoms with Crippen LogP contribution in [0.5, 0.6) is 0 Å². The summed E-state index contributed by atoms with van der Waals surface area (Å²) in [4.78, 5) is 44.0. The number of carboxylic acids is 1. The first-order valence-electron chi connectivity index (χ1n) is 16.1. The number of aromatic nitrogens is 1. The predicted octanol–water partition coefficient (Wildman–Crippen LogP) is 9.00. The molecule has 1 saturated heterocycles. The fourth-order valence-corrected chi connectivity index (χ4v) is 6.12. The van der Waals surface area contributed by atoms with Crippen molar-refractivity contribution in [1.29, 1.82) is 0 Å². The molecule has 5 rings (SSSR count). The van der Waals surface area contributed by atoms with Gasteiger partial charge in [-0.3, -0.25) is 19.4 Å². The molecule has 3 N–H and O–H groups in total. The monoisotopic (exact) mass is 692 g/mol. The molecule has 0 aliphatic carbocycles. The van der Waals surface area contributed by atoms with E-state index >= 15 is 0 Å². The number of carboxylic acid groups (broad SMARTS) is 1. The van der Waals surface area contributed by atoms with Gasteiger partial charge < -0.3 is 20.6 Å². The molecule has 1 aliphatic rings. The van der Waals surface area contributed by atoms with Crippen LogP contribution in [0.25, 0.3) is 11.3 Å². The Morgan fingerprint density at radius 2 is 1.55 bits per heavy atom. The van der Waals surface area contributed by atoms with Gasteiger partial charge in [-0.2, -0.15) is 24.9 Å². The third kappa shape index (κ3) is 10.6. The van der Waals surface area contributed by atoms with Crippen LogP contribution in [0.1, 0.15) is 71.4 Å². The van der Waals surface area contributed by atoms with Crippen LogP contribution in [-0.2, 0) is 16.7 Å². The SMILES string of the molecule is CC.O=C(O)CCSCc1cccc(C(=O)Nc2ccc(N3CCCCC3)cc2-c2cc(NC(=O)c3cccc(C(F)(F)F)c3)ccn2)c1. The maximum absolute atomic E-state index is 13.5. The average Bonchev–Trinajstić information content (AvgIpc) is 3.11. The van der Waals surface area contributed by atoms with Crippen molar-refractivity contribution < 1.29 is 32.7 Å². The smallest absolute Gasteiger partial charge is 0.416 e. The van der Waals surface area contributed by atoms with E-state index < -0.39 is 23.6 Å². The minimum Gasteiger partial charge on any atom is -0.481 e. The maximum Gasteiger partial charge on any atom is 0.416 e. The average molecular weight is 693 g/mol. The lowest BCUT2D eigenvalue weighted by Gasteiger charge is -2.29. The van der Waals surface area contributed by atoms with E-state index in [4.69, 9.17) is 5.11 Å². The van der Waals surface area contributed by atoms with E-state index in [1.807, 2.05) is 38.1 Å². The summed E-state index contributed by atoms with van der Waals surface area (Å²) in [7, 11) is 0. The van der Waals surface area contributed by atoms with Crippen LogP contribution < -0.4 is 15.5 Å². The summed E-state index contributed by atoms with van der Waals surface area (Å²) < 4.78 is 39.7. The number of rotatable bonds is 11. The highest BCUT2D eigenvalue weighted by Crippen LogP contribution is 2.34. The first-order valence-corrected chi connectivity index (χ1v) is 17.3. The number of hydrogen-bond acceptors (Lipinski definition) is 6. The van der Waals surface area contributed by atoms with E-state index in [1.54, 1.807) is 30.3 Å². The summed E-state index contributed by atoms with van der Waals surface area (Å²) in [6, 6.07) is 20.2. The number of anilines is 3. The summed E-state index contributed by atoms with van der Waals surface area (Å²) in [6.07, 6.45) is 0.251. The number of thioether (sulfide) groups is 1. The van der Waals surface area contributed by atoms with Gasteiger partial charge in [0.15, 0.2) is 0 Å². The number of nitrogens with one attached hydrogen (secondary N) is 2. The van der Waals surface area contributed by atoms with E-state index in [0.717, 1.165) is 55.7 Å². The summed E-state index contributed by atoms with van der Waals surface area (Å²) in [5.41, 5.74) is 3.10. The molecule has 0 unspecified atom stereocenters. The topological polar surface area (TPSA) is 112 Å². The molecule has 0 saturated carbocycles. The van der Waals surface area contributed by atoms with E-state index in [9.17, 15) is 27.6 Å². The highest BCUT2D eigenvalue weighted by Gasteiger charge is 2.31. The Bertz CT molecular complexity index is 1760. The van der Waals surface area contributed by atoms with Crippen molar-refractivity contribution in [2.75, 3.05) is 34.4 Å². The van der Waals surface area contributed by atoms with Gasteiger partial charge in [-0.25, -0.2) is 0 Å². The lowest BCUT2D eigenvalue weighted by Crippen LogP contribution is -2.29. The van der Waals surface area contributed by atoms with Crippen molar-refractivity contribution in [1.82, 2.24) is 4.98 Å². The zero-order valence-electron chi connectivity index (χ0n) is 27.3. The fraction of sp³-hybridized carbons (Fsp3) is 0.297. The van der Waals surface area contributed by atoms with Crippen molar-refractivity contribution in [3.63, 3.8) is 0 Å². The van der Waals surface area contributed by atoms with E-state index in [1.165, 1.54) is 30.1 Å². The maximum atomic E-state index is 13.5. The van der Waals surface area contributed by atoms with Gasteiger partial charge >= 0.3 is 12.1 Å². The molecule has 0 spiro atoms. The fourth-order valence-electron chi connectivity index (χ4n) is 5.24. The van der Waals surface area contributed by atoms with Gasteiger partial charge in [0, 0.05) is 58.9 Å². The minimum atomic E-state index is -4.58. The normalized spacial score (nSPS) is 12.8. The first kappa shape index (κ1) is 37.0. The highest BCUT2D eigenvalue weighted by atomic mass is 32.2. The number of pyridine rings is 1. The number of halogens is 3. The predicted molar refractivity (Wildman–Crippen MR) is 189 cm³/mol. The molecule has 4 aromatic rings. The minimum absolute atomic E-state index is 0.0607.